The number of nitrogens with one attached hydrogen (secondary N) is 1. The summed E-state index contributed by atoms with van der Waals surface area (Å²) in [6.07, 6.45) is 0. The molecule has 1 amide bonds. The Balaban J connectivity index is 1.98. The number of carbonyl (C=O) groups excluding carboxylic acids is 1. The first-order chi connectivity index (χ1) is 9.58. The van der Waals surface area contributed by atoms with Gasteiger partial charge in [-0.2, -0.15) is 0 Å². The Kier molecular flexibility index (Phi) is 4.53. The van der Waals surface area contributed by atoms with E-state index in [2.05, 4.69) is 37.4 Å². The standard InChI is InChI=1S/C17H20N2O/c1-12-5-3-4-6-16(12)13(2)19-11-14-7-9-15(10-8-14)17(18)20/h3-10,13,19H,11H2,1-2H3,(H2,18,20)/t13-/m1/s1. The Hall–Kier alpha value is -2.13. The van der Waals surface area contributed by atoms with Crippen LogP contribution in [0.15, 0.2) is 48.5 Å². The molecule has 2 aromatic carbocycles. The number of aryl methyl sites for hydroxylation is 1. The predicted molar refractivity (Wildman–Crippen MR) is 81.4 cm³/mol. The van der Waals surface area contributed by atoms with Crippen molar-refractivity contribution in [2.24, 2.45) is 5.73 Å². The SMILES string of the molecule is Cc1ccccc1[C@@H](C)NCc1ccc(C(N)=O)cc1. The van der Waals surface area contributed by atoms with Crippen molar-refractivity contribution in [2.45, 2.75) is 26.4 Å². The molecule has 0 aromatic heterocycles. The Labute approximate surface area is 119 Å². The van der Waals surface area contributed by atoms with E-state index in [1.807, 2.05) is 18.2 Å². The molecule has 20 heavy (non-hydrogen) atoms. The van der Waals surface area contributed by atoms with Gasteiger partial charge in [0.05, 0.1) is 0 Å². The normalized spacial score (nSPS) is 12.1. The quantitative estimate of drug-likeness (QED) is 0.876. The monoisotopic (exact) mass is 268 g/mol. The molecule has 0 fully saturated rings. The molecule has 0 aliphatic carbocycles. The first-order valence-electron chi connectivity index (χ1n) is 6.75. The van der Waals surface area contributed by atoms with Gasteiger partial charge in [-0.1, -0.05) is 36.4 Å². The van der Waals surface area contributed by atoms with Gasteiger partial charge in [0.2, 0.25) is 5.91 Å². The number of hydrogen-bond acceptors (Lipinski definition) is 2. The van der Waals surface area contributed by atoms with Gasteiger partial charge in [0, 0.05) is 18.2 Å². The highest BCUT2D eigenvalue weighted by atomic mass is 16.1. The van der Waals surface area contributed by atoms with Crippen LogP contribution in [0.3, 0.4) is 0 Å². The maximum absolute atomic E-state index is 11.0. The van der Waals surface area contributed by atoms with E-state index in [9.17, 15) is 4.79 Å². The van der Waals surface area contributed by atoms with Crippen molar-refractivity contribution in [2.75, 3.05) is 0 Å². The highest BCUT2D eigenvalue weighted by Crippen LogP contribution is 2.17. The molecule has 0 aliphatic rings. The van der Waals surface area contributed by atoms with Gasteiger partial charge in [-0.25, -0.2) is 0 Å². The number of benzene rings is 2. The highest BCUT2D eigenvalue weighted by Gasteiger charge is 2.07. The molecule has 0 saturated heterocycles. The lowest BCUT2D eigenvalue weighted by molar-refractivity contribution is 0.100. The van der Waals surface area contributed by atoms with Gasteiger partial charge in [0.1, 0.15) is 0 Å². The van der Waals surface area contributed by atoms with Crippen molar-refractivity contribution in [3.63, 3.8) is 0 Å². The van der Waals surface area contributed by atoms with Crippen molar-refractivity contribution in [3.8, 4) is 0 Å². The van der Waals surface area contributed by atoms with E-state index in [0.717, 1.165) is 12.1 Å². The van der Waals surface area contributed by atoms with E-state index in [1.165, 1.54) is 11.1 Å². The summed E-state index contributed by atoms with van der Waals surface area (Å²) in [5.74, 6) is -0.391. The minimum Gasteiger partial charge on any atom is -0.366 e. The lowest BCUT2D eigenvalue weighted by Crippen LogP contribution is -2.19. The molecule has 0 bridgehead atoms. The van der Waals surface area contributed by atoms with Gasteiger partial charge in [-0.3, -0.25) is 4.79 Å². The summed E-state index contributed by atoms with van der Waals surface area (Å²) in [7, 11) is 0. The second-order valence-corrected chi connectivity index (χ2v) is 5.02. The molecule has 2 aromatic rings. The zero-order valence-electron chi connectivity index (χ0n) is 11.9. The summed E-state index contributed by atoms with van der Waals surface area (Å²) < 4.78 is 0. The van der Waals surface area contributed by atoms with Gasteiger partial charge in [-0.05, 0) is 42.7 Å². The Morgan fingerprint density at radius 2 is 1.80 bits per heavy atom. The van der Waals surface area contributed by atoms with Crippen LogP contribution >= 0.6 is 0 Å². The van der Waals surface area contributed by atoms with E-state index >= 15 is 0 Å². The van der Waals surface area contributed by atoms with Crippen LogP contribution in [0.1, 0.15) is 40.0 Å². The second kappa shape index (κ2) is 6.35. The van der Waals surface area contributed by atoms with Crippen molar-refractivity contribution >= 4 is 5.91 Å². The van der Waals surface area contributed by atoms with Crippen molar-refractivity contribution in [3.05, 3.63) is 70.8 Å². The van der Waals surface area contributed by atoms with Crippen LogP contribution in [-0.4, -0.2) is 5.91 Å². The van der Waals surface area contributed by atoms with E-state index in [4.69, 9.17) is 5.73 Å². The lowest BCUT2D eigenvalue weighted by atomic mass is 10.0. The zero-order valence-corrected chi connectivity index (χ0v) is 11.9. The summed E-state index contributed by atoms with van der Waals surface area (Å²) >= 11 is 0. The topological polar surface area (TPSA) is 55.1 Å². The predicted octanol–water partition coefficient (Wildman–Crippen LogP) is 2.94. The number of nitrogens with two attached hydrogens (primary N) is 1. The largest absolute Gasteiger partial charge is 0.366 e. The average Bonchev–Trinajstić information content (AvgIpc) is 2.45. The van der Waals surface area contributed by atoms with Crippen LogP contribution in [0.4, 0.5) is 0 Å². The van der Waals surface area contributed by atoms with Gasteiger partial charge in [0.15, 0.2) is 0 Å². The third kappa shape index (κ3) is 3.45. The third-order valence-electron chi connectivity index (χ3n) is 3.51. The van der Waals surface area contributed by atoms with Crippen LogP contribution in [-0.2, 0) is 6.54 Å². The summed E-state index contributed by atoms with van der Waals surface area (Å²) in [4.78, 5) is 11.0. The van der Waals surface area contributed by atoms with Gasteiger partial charge in [-0.15, -0.1) is 0 Å². The molecule has 2 rings (SSSR count). The molecule has 0 unspecified atom stereocenters. The number of carbonyl (C=O) groups is 1. The van der Waals surface area contributed by atoms with Gasteiger partial charge < -0.3 is 11.1 Å². The Bertz CT molecular complexity index is 590. The molecular formula is C17H20N2O. The Morgan fingerprint density at radius 3 is 2.40 bits per heavy atom. The van der Waals surface area contributed by atoms with Crippen molar-refractivity contribution in [1.29, 1.82) is 0 Å². The summed E-state index contributed by atoms with van der Waals surface area (Å²) in [5.41, 5.74) is 9.50. The van der Waals surface area contributed by atoms with Gasteiger partial charge >= 0.3 is 0 Å². The van der Waals surface area contributed by atoms with Crippen LogP contribution in [0.5, 0.6) is 0 Å². The van der Waals surface area contributed by atoms with Crippen LogP contribution in [0, 0.1) is 6.92 Å². The average molecular weight is 268 g/mol. The fraction of sp³-hybridized carbons (Fsp3) is 0.235. The second-order valence-electron chi connectivity index (χ2n) is 5.02. The molecule has 0 radical (unpaired) electrons. The van der Waals surface area contributed by atoms with E-state index in [0.29, 0.717) is 5.56 Å². The minimum absolute atomic E-state index is 0.284. The maximum Gasteiger partial charge on any atom is 0.248 e. The highest BCUT2D eigenvalue weighted by molar-refractivity contribution is 5.92. The van der Waals surface area contributed by atoms with Gasteiger partial charge in [0.25, 0.3) is 0 Å². The first-order valence-corrected chi connectivity index (χ1v) is 6.75. The van der Waals surface area contributed by atoms with Crippen LogP contribution in [0.25, 0.3) is 0 Å². The lowest BCUT2D eigenvalue weighted by Gasteiger charge is -2.16. The van der Waals surface area contributed by atoms with E-state index in [-0.39, 0.29) is 6.04 Å². The fourth-order valence-corrected chi connectivity index (χ4v) is 2.24. The molecule has 3 heteroatoms. The molecule has 1 atom stereocenters. The minimum atomic E-state index is -0.391. The summed E-state index contributed by atoms with van der Waals surface area (Å²) in [5, 5.41) is 3.49. The van der Waals surface area contributed by atoms with Crippen LogP contribution < -0.4 is 11.1 Å². The van der Waals surface area contributed by atoms with E-state index < -0.39 is 5.91 Å². The van der Waals surface area contributed by atoms with Crippen molar-refractivity contribution < 1.29 is 4.79 Å². The summed E-state index contributed by atoms with van der Waals surface area (Å²) in [6.45, 7) is 5.03. The van der Waals surface area contributed by atoms with Crippen LogP contribution in [0.2, 0.25) is 0 Å². The third-order valence-corrected chi connectivity index (χ3v) is 3.51. The first kappa shape index (κ1) is 14.3. The molecule has 0 saturated carbocycles. The fourth-order valence-electron chi connectivity index (χ4n) is 2.24. The van der Waals surface area contributed by atoms with E-state index in [1.54, 1.807) is 12.1 Å². The molecular weight excluding hydrogens is 248 g/mol. The number of amides is 1. The molecule has 104 valence electrons. The smallest absolute Gasteiger partial charge is 0.248 e. The number of rotatable bonds is 5. The maximum atomic E-state index is 11.0. The zero-order chi connectivity index (χ0) is 14.5. The molecule has 3 N–H and O–H groups in total. The molecule has 0 heterocycles. The number of hydrogen-bond donors (Lipinski definition) is 2. The van der Waals surface area contributed by atoms with Crippen molar-refractivity contribution in [1.82, 2.24) is 5.32 Å². The molecule has 0 spiro atoms. The number of primary amides is 1. The molecule has 0 aliphatic heterocycles. The summed E-state index contributed by atoms with van der Waals surface area (Å²) in [6, 6.07) is 16.0. The Morgan fingerprint density at radius 1 is 1.15 bits per heavy atom. The molecule has 3 nitrogen and oxygen atoms in total.